The smallest absolute Gasteiger partial charge is 0.313 e. The molecule has 1 aromatic heterocycles. The van der Waals surface area contributed by atoms with Crippen LogP contribution in [0.2, 0.25) is 0 Å². The van der Waals surface area contributed by atoms with Gasteiger partial charge in [-0.3, -0.25) is 4.79 Å². The number of nitrogens with zero attached hydrogens (tertiary/aromatic N) is 3. The van der Waals surface area contributed by atoms with Gasteiger partial charge in [0.1, 0.15) is 12.4 Å². The van der Waals surface area contributed by atoms with Gasteiger partial charge < -0.3 is 14.4 Å². The average Bonchev–Trinajstić information content (AvgIpc) is 2.82. The van der Waals surface area contributed by atoms with E-state index < -0.39 is 5.92 Å². The lowest BCUT2D eigenvalue weighted by Crippen LogP contribution is -2.28. The molecule has 2 aromatic carbocycles. The quantitative estimate of drug-likeness (QED) is 0.512. The second kappa shape index (κ2) is 9.39. The van der Waals surface area contributed by atoms with Crippen LogP contribution in [0, 0.1) is 6.92 Å². The molecule has 1 unspecified atom stereocenters. The van der Waals surface area contributed by atoms with Crippen LogP contribution >= 0.6 is 0 Å². The van der Waals surface area contributed by atoms with Crippen molar-refractivity contribution in [2.24, 2.45) is 0 Å². The molecule has 2 heterocycles. The Morgan fingerprint density at radius 3 is 2.66 bits per heavy atom. The summed E-state index contributed by atoms with van der Waals surface area (Å²) in [7, 11) is 3.49. The van der Waals surface area contributed by atoms with Crippen LogP contribution < -0.4 is 9.64 Å². The standard InChI is InChI=1S/C26H29N3O3/c1-5-9-20(26(30)31-4)23-17(2)27-25(18-10-7-6-8-11-18)28-24(23)19-12-13-21-22(16-19)32-15-14-29(21)3/h6-8,10-13,16,20H,5,9,14-15H2,1-4H3. The van der Waals surface area contributed by atoms with Crippen molar-refractivity contribution >= 4 is 11.7 Å². The molecular formula is C26H29N3O3. The molecule has 1 atom stereocenters. The topological polar surface area (TPSA) is 64.5 Å². The molecule has 0 radical (unpaired) electrons. The monoisotopic (exact) mass is 431 g/mol. The Morgan fingerprint density at radius 1 is 1.16 bits per heavy atom. The van der Waals surface area contributed by atoms with Crippen LogP contribution in [-0.4, -0.2) is 43.2 Å². The molecule has 3 aromatic rings. The zero-order valence-corrected chi connectivity index (χ0v) is 19.1. The van der Waals surface area contributed by atoms with Crippen LogP contribution in [0.15, 0.2) is 48.5 Å². The van der Waals surface area contributed by atoms with Crippen LogP contribution in [0.5, 0.6) is 5.75 Å². The highest BCUT2D eigenvalue weighted by atomic mass is 16.5. The van der Waals surface area contributed by atoms with Gasteiger partial charge in [0.05, 0.1) is 31.0 Å². The number of aromatic nitrogens is 2. The first-order valence-electron chi connectivity index (χ1n) is 11.0. The molecule has 0 bridgehead atoms. The van der Waals surface area contributed by atoms with Crippen molar-refractivity contribution in [3.8, 4) is 28.4 Å². The molecule has 0 fully saturated rings. The third kappa shape index (κ3) is 4.17. The van der Waals surface area contributed by atoms with E-state index in [0.717, 1.165) is 52.5 Å². The van der Waals surface area contributed by atoms with Crippen LogP contribution in [0.4, 0.5) is 5.69 Å². The van der Waals surface area contributed by atoms with Gasteiger partial charge in [-0.05, 0) is 25.5 Å². The highest BCUT2D eigenvalue weighted by molar-refractivity contribution is 5.83. The molecule has 0 amide bonds. The first kappa shape index (κ1) is 21.8. The lowest BCUT2D eigenvalue weighted by Gasteiger charge is -2.28. The third-order valence-electron chi connectivity index (χ3n) is 5.91. The first-order valence-corrected chi connectivity index (χ1v) is 11.0. The summed E-state index contributed by atoms with van der Waals surface area (Å²) in [5.74, 6) is 0.771. The maximum atomic E-state index is 12.8. The summed E-state index contributed by atoms with van der Waals surface area (Å²) in [5, 5.41) is 0. The second-order valence-corrected chi connectivity index (χ2v) is 8.08. The maximum Gasteiger partial charge on any atom is 0.313 e. The van der Waals surface area contributed by atoms with Gasteiger partial charge in [0.2, 0.25) is 0 Å². The van der Waals surface area contributed by atoms with E-state index in [2.05, 4.69) is 24.9 Å². The largest absolute Gasteiger partial charge is 0.490 e. The summed E-state index contributed by atoms with van der Waals surface area (Å²) in [5.41, 5.74) is 5.24. The number of ether oxygens (including phenoxy) is 2. The fourth-order valence-electron chi connectivity index (χ4n) is 4.25. The molecule has 1 aliphatic rings. The fourth-order valence-corrected chi connectivity index (χ4v) is 4.25. The number of hydrogen-bond acceptors (Lipinski definition) is 6. The minimum atomic E-state index is -0.426. The normalized spacial score (nSPS) is 13.8. The lowest BCUT2D eigenvalue weighted by molar-refractivity contribution is -0.142. The Kier molecular flexibility index (Phi) is 6.40. The SMILES string of the molecule is CCCC(C(=O)OC)c1c(C)nc(-c2ccccc2)nc1-c1ccc2c(c1)OCCN2C. The van der Waals surface area contributed by atoms with Gasteiger partial charge in [0.25, 0.3) is 0 Å². The Bertz CT molecular complexity index is 1110. The molecule has 0 saturated heterocycles. The van der Waals surface area contributed by atoms with Crippen LogP contribution in [0.1, 0.15) is 36.9 Å². The summed E-state index contributed by atoms with van der Waals surface area (Å²) >= 11 is 0. The second-order valence-electron chi connectivity index (χ2n) is 8.08. The summed E-state index contributed by atoms with van der Waals surface area (Å²) in [6.07, 6.45) is 1.51. The molecular weight excluding hydrogens is 402 g/mol. The van der Waals surface area contributed by atoms with E-state index in [1.807, 2.05) is 49.4 Å². The van der Waals surface area contributed by atoms with Crippen molar-refractivity contribution in [2.75, 3.05) is 32.2 Å². The minimum absolute atomic E-state index is 0.263. The summed E-state index contributed by atoms with van der Waals surface area (Å²) < 4.78 is 11.1. The predicted molar refractivity (Wildman–Crippen MR) is 126 cm³/mol. The van der Waals surface area contributed by atoms with Crippen molar-refractivity contribution in [2.45, 2.75) is 32.6 Å². The van der Waals surface area contributed by atoms with E-state index in [4.69, 9.17) is 19.4 Å². The number of rotatable bonds is 6. The fraction of sp³-hybridized carbons (Fsp3) is 0.346. The highest BCUT2D eigenvalue weighted by Gasteiger charge is 2.29. The van der Waals surface area contributed by atoms with E-state index in [0.29, 0.717) is 18.9 Å². The highest BCUT2D eigenvalue weighted by Crippen LogP contribution is 2.39. The van der Waals surface area contributed by atoms with Crippen LogP contribution in [-0.2, 0) is 9.53 Å². The van der Waals surface area contributed by atoms with Crippen molar-refractivity contribution < 1.29 is 14.3 Å². The molecule has 1 aliphatic heterocycles. The van der Waals surface area contributed by atoms with Crippen LogP contribution in [0.25, 0.3) is 22.6 Å². The van der Waals surface area contributed by atoms with E-state index in [-0.39, 0.29) is 5.97 Å². The number of fused-ring (bicyclic) bond motifs is 1. The maximum absolute atomic E-state index is 12.8. The van der Waals surface area contributed by atoms with E-state index >= 15 is 0 Å². The van der Waals surface area contributed by atoms with Crippen molar-refractivity contribution in [1.29, 1.82) is 0 Å². The minimum Gasteiger partial charge on any atom is -0.490 e. The Morgan fingerprint density at radius 2 is 1.94 bits per heavy atom. The molecule has 32 heavy (non-hydrogen) atoms. The molecule has 166 valence electrons. The summed E-state index contributed by atoms with van der Waals surface area (Å²) in [6.45, 7) is 5.50. The zero-order chi connectivity index (χ0) is 22.7. The van der Waals surface area contributed by atoms with Gasteiger partial charge in [-0.2, -0.15) is 0 Å². The van der Waals surface area contributed by atoms with Crippen molar-refractivity contribution in [1.82, 2.24) is 9.97 Å². The number of aryl methyl sites for hydroxylation is 1. The van der Waals surface area contributed by atoms with E-state index in [1.54, 1.807) is 0 Å². The Labute approximate surface area is 189 Å². The van der Waals surface area contributed by atoms with E-state index in [9.17, 15) is 4.79 Å². The number of likely N-dealkylation sites (N-methyl/N-ethyl adjacent to an activating group) is 1. The van der Waals surface area contributed by atoms with Crippen molar-refractivity contribution in [3.05, 3.63) is 59.8 Å². The molecule has 0 aliphatic carbocycles. The third-order valence-corrected chi connectivity index (χ3v) is 5.91. The van der Waals surface area contributed by atoms with Crippen LogP contribution in [0.3, 0.4) is 0 Å². The number of methoxy groups -OCH3 is 1. The number of carbonyl (C=O) groups excluding carboxylic acids is 1. The molecule has 0 saturated carbocycles. The number of anilines is 1. The number of esters is 1. The molecule has 0 N–H and O–H groups in total. The molecule has 4 rings (SSSR count). The molecule has 0 spiro atoms. The zero-order valence-electron chi connectivity index (χ0n) is 19.1. The van der Waals surface area contributed by atoms with Gasteiger partial charge in [-0.1, -0.05) is 49.7 Å². The molecule has 6 heteroatoms. The lowest BCUT2D eigenvalue weighted by atomic mass is 9.89. The number of hydrogen-bond donors (Lipinski definition) is 0. The average molecular weight is 432 g/mol. The molecule has 6 nitrogen and oxygen atoms in total. The number of benzene rings is 2. The van der Waals surface area contributed by atoms with Gasteiger partial charge in [-0.25, -0.2) is 9.97 Å². The Hall–Kier alpha value is -3.41. The van der Waals surface area contributed by atoms with Gasteiger partial charge in [0, 0.05) is 29.4 Å². The van der Waals surface area contributed by atoms with Crippen molar-refractivity contribution in [3.63, 3.8) is 0 Å². The summed E-state index contributed by atoms with van der Waals surface area (Å²) in [6, 6.07) is 16.0. The summed E-state index contributed by atoms with van der Waals surface area (Å²) in [4.78, 5) is 24.7. The van der Waals surface area contributed by atoms with Gasteiger partial charge in [-0.15, -0.1) is 0 Å². The van der Waals surface area contributed by atoms with Gasteiger partial charge >= 0.3 is 5.97 Å². The number of carbonyl (C=O) groups is 1. The predicted octanol–water partition coefficient (Wildman–Crippen LogP) is 5.00. The van der Waals surface area contributed by atoms with E-state index in [1.165, 1.54) is 7.11 Å². The Balaban J connectivity index is 1.93. The first-order chi connectivity index (χ1) is 15.5. The van der Waals surface area contributed by atoms with Gasteiger partial charge in [0.15, 0.2) is 5.82 Å².